The number of rotatable bonds is 3. The first-order valence-corrected chi connectivity index (χ1v) is 8.97. The Morgan fingerprint density at radius 3 is 2.38 bits per heavy atom. The van der Waals surface area contributed by atoms with E-state index in [1.54, 1.807) is 0 Å². The summed E-state index contributed by atoms with van der Waals surface area (Å²) in [5.41, 5.74) is 0. The number of piperidine rings is 2. The molecule has 3 heterocycles. The lowest BCUT2D eigenvalue weighted by molar-refractivity contribution is -0.137. The Kier molecular flexibility index (Phi) is 5.17. The van der Waals surface area contributed by atoms with Crippen LogP contribution in [0.25, 0.3) is 0 Å². The molecule has 0 aliphatic carbocycles. The Balaban J connectivity index is 1.41. The number of nitrogens with one attached hydrogen (secondary N) is 1. The first-order valence-electron chi connectivity index (χ1n) is 8.97. The lowest BCUT2D eigenvalue weighted by Gasteiger charge is -2.37. The topological polar surface area (TPSA) is 35.6 Å². The van der Waals surface area contributed by atoms with Crippen LogP contribution in [0.1, 0.15) is 45.4 Å². The molecule has 2 unspecified atom stereocenters. The SMILES string of the molecule is CC1CCC(C(=O)N2CCC(CN3CCCC3)CC2)CN1. The van der Waals surface area contributed by atoms with Gasteiger partial charge in [-0.05, 0) is 64.5 Å². The van der Waals surface area contributed by atoms with Crippen LogP contribution in [0, 0.1) is 11.8 Å². The van der Waals surface area contributed by atoms with Gasteiger partial charge in [-0.2, -0.15) is 0 Å². The highest BCUT2D eigenvalue weighted by Gasteiger charge is 2.31. The molecule has 3 saturated heterocycles. The van der Waals surface area contributed by atoms with Gasteiger partial charge in [-0.25, -0.2) is 0 Å². The van der Waals surface area contributed by atoms with Crippen molar-refractivity contribution in [3.8, 4) is 0 Å². The summed E-state index contributed by atoms with van der Waals surface area (Å²) in [4.78, 5) is 17.3. The van der Waals surface area contributed by atoms with Crippen LogP contribution in [-0.2, 0) is 4.79 Å². The Morgan fingerprint density at radius 2 is 1.76 bits per heavy atom. The normalized spacial score (nSPS) is 32.5. The lowest BCUT2D eigenvalue weighted by Crippen LogP contribution is -2.48. The molecular formula is C17H31N3O. The second kappa shape index (κ2) is 7.10. The van der Waals surface area contributed by atoms with Crippen LogP contribution in [0.4, 0.5) is 0 Å². The third-order valence-electron chi connectivity index (χ3n) is 5.65. The monoisotopic (exact) mass is 293 g/mol. The lowest BCUT2D eigenvalue weighted by atomic mass is 9.91. The van der Waals surface area contributed by atoms with Gasteiger partial charge >= 0.3 is 0 Å². The van der Waals surface area contributed by atoms with Crippen molar-refractivity contribution in [3.05, 3.63) is 0 Å². The highest BCUT2D eigenvalue weighted by Crippen LogP contribution is 2.23. The average molecular weight is 293 g/mol. The molecular weight excluding hydrogens is 262 g/mol. The molecule has 1 amide bonds. The zero-order valence-corrected chi connectivity index (χ0v) is 13.5. The van der Waals surface area contributed by atoms with Gasteiger partial charge in [0, 0.05) is 32.2 Å². The largest absolute Gasteiger partial charge is 0.342 e. The number of carbonyl (C=O) groups excluding carboxylic acids is 1. The fraction of sp³-hybridized carbons (Fsp3) is 0.941. The number of amides is 1. The van der Waals surface area contributed by atoms with E-state index in [1.807, 2.05) is 0 Å². The van der Waals surface area contributed by atoms with Crippen LogP contribution < -0.4 is 5.32 Å². The van der Waals surface area contributed by atoms with Crippen molar-refractivity contribution in [2.24, 2.45) is 11.8 Å². The maximum atomic E-state index is 12.6. The molecule has 4 nitrogen and oxygen atoms in total. The summed E-state index contributed by atoms with van der Waals surface area (Å²) >= 11 is 0. The van der Waals surface area contributed by atoms with Crippen LogP contribution in [0.2, 0.25) is 0 Å². The Hall–Kier alpha value is -0.610. The van der Waals surface area contributed by atoms with E-state index in [0.717, 1.165) is 38.4 Å². The number of nitrogens with zero attached hydrogens (tertiary/aromatic N) is 2. The predicted molar refractivity (Wildman–Crippen MR) is 85.2 cm³/mol. The van der Waals surface area contributed by atoms with Crippen molar-refractivity contribution < 1.29 is 4.79 Å². The molecule has 1 N–H and O–H groups in total. The van der Waals surface area contributed by atoms with Gasteiger partial charge in [-0.1, -0.05) is 0 Å². The Bertz CT molecular complexity index is 338. The summed E-state index contributed by atoms with van der Waals surface area (Å²) in [6.45, 7) is 8.94. The molecule has 3 rings (SSSR count). The molecule has 3 fully saturated rings. The number of hydrogen-bond acceptors (Lipinski definition) is 3. The van der Waals surface area contributed by atoms with Gasteiger partial charge in [0.1, 0.15) is 0 Å². The fourth-order valence-electron chi connectivity index (χ4n) is 4.13. The summed E-state index contributed by atoms with van der Waals surface area (Å²) in [5, 5.41) is 3.45. The van der Waals surface area contributed by atoms with E-state index in [1.165, 1.54) is 45.3 Å². The number of likely N-dealkylation sites (tertiary alicyclic amines) is 2. The molecule has 0 radical (unpaired) electrons. The molecule has 0 saturated carbocycles. The maximum Gasteiger partial charge on any atom is 0.226 e. The van der Waals surface area contributed by atoms with Gasteiger partial charge in [0.25, 0.3) is 0 Å². The summed E-state index contributed by atoms with van der Waals surface area (Å²) < 4.78 is 0. The zero-order chi connectivity index (χ0) is 14.7. The van der Waals surface area contributed by atoms with Gasteiger partial charge in [-0.15, -0.1) is 0 Å². The predicted octanol–water partition coefficient (Wildman–Crippen LogP) is 1.71. The van der Waals surface area contributed by atoms with E-state index in [4.69, 9.17) is 0 Å². The van der Waals surface area contributed by atoms with Gasteiger partial charge in [0.05, 0.1) is 5.92 Å². The molecule has 0 spiro atoms. The van der Waals surface area contributed by atoms with Gasteiger partial charge in [0.2, 0.25) is 5.91 Å². The zero-order valence-electron chi connectivity index (χ0n) is 13.5. The van der Waals surface area contributed by atoms with E-state index in [0.29, 0.717) is 11.9 Å². The quantitative estimate of drug-likeness (QED) is 0.860. The van der Waals surface area contributed by atoms with Crippen LogP contribution in [-0.4, -0.2) is 61.0 Å². The van der Waals surface area contributed by atoms with Gasteiger partial charge in [0.15, 0.2) is 0 Å². The molecule has 120 valence electrons. The molecule has 21 heavy (non-hydrogen) atoms. The third kappa shape index (κ3) is 3.98. The molecule has 2 atom stereocenters. The van der Waals surface area contributed by atoms with Crippen molar-refractivity contribution in [1.29, 1.82) is 0 Å². The molecule has 0 bridgehead atoms. The molecule has 3 aliphatic rings. The average Bonchev–Trinajstić information content (AvgIpc) is 3.01. The second-order valence-electron chi connectivity index (χ2n) is 7.36. The Labute approximate surface area is 129 Å². The summed E-state index contributed by atoms with van der Waals surface area (Å²) in [7, 11) is 0. The van der Waals surface area contributed by atoms with Crippen molar-refractivity contribution in [2.45, 2.75) is 51.5 Å². The van der Waals surface area contributed by atoms with Crippen LogP contribution in [0.15, 0.2) is 0 Å². The maximum absolute atomic E-state index is 12.6. The van der Waals surface area contributed by atoms with Crippen LogP contribution in [0.3, 0.4) is 0 Å². The van der Waals surface area contributed by atoms with E-state index >= 15 is 0 Å². The summed E-state index contributed by atoms with van der Waals surface area (Å²) in [6.07, 6.45) is 7.38. The van der Waals surface area contributed by atoms with Crippen molar-refractivity contribution >= 4 is 5.91 Å². The second-order valence-corrected chi connectivity index (χ2v) is 7.36. The van der Waals surface area contributed by atoms with Crippen molar-refractivity contribution in [2.75, 3.05) is 39.3 Å². The van der Waals surface area contributed by atoms with Gasteiger partial charge < -0.3 is 15.1 Å². The first-order chi connectivity index (χ1) is 10.2. The highest BCUT2D eigenvalue weighted by molar-refractivity contribution is 5.79. The Morgan fingerprint density at radius 1 is 1.05 bits per heavy atom. The minimum absolute atomic E-state index is 0.233. The van der Waals surface area contributed by atoms with Gasteiger partial charge in [-0.3, -0.25) is 4.79 Å². The third-order valence-corrected chi connectivity index (χ3v) is 5.65. The van der Waals surface area contributed by atoms with E-state index in [9.17, 15) is 4.79 Å². The van der Waals surface area contributed by atoms with Crippen LogP contribution in [0.5, 0.6) is 0 Å². The molecule has 0 aromatic rings. The number of hydrogen-bond donors (Lipinski definition) is 1. The van der Waals surface area contributed by atoms with Crippen molar-refractivity contribution in [3.63, 3.8) is 0 Å². The van der Waals surface area contributed by atoms with E-state index in [-0.39, 0.29) is 5.92 Å². The highest BCUT2D eigenvalue weighted by atomic mass is 16.2. The molecule has 3 aliphatic heterocycles. The summed E-state index contributed by atoms with van der Waals surface area (Å²) in [5.74, 6) is 1.46. The smallest absolute Gasteiger partial charge is 0.226 e. The molecule has 0 aromatic heterocycles. The van der Waals surface area contributed by atoms with Crippen molar-refractivity contribution in [1.82, 2.24) is 15.1 Å². The first kappa shape index (κ1) is 15.3. The standard InChI is InChI=1S/C17H31N3O/c1-14-4-5-16(12-18-14)17(21)20-10-6-15(7-11-20)13-19-8-2-3-9-19/h14-16,18H,2-13H2,1H3. The molecule has 4 heteroatoms. The molecule has 0 aromatic carbocycles. The minimum Gasteiger partial charge on any atom is -0.342 e. The summed E-state index contributed by atoms with van der Waals surface area (Å²) in [6, 6.07) is 0.584. The van der Waals surface area contributed by atoms with E-state index < -0.39 is 0 Å². The fourth-order valence-corrected chi connectivity index (χ4v) is 4.13. The minimum atomic E-state index is 0.233. The number of carbonyl (C=O) groups is 1. The van der Waals surface area contributed by atoms with E-state index in [2.05, 4.69) is 22.0 Å². The van der Waals surface area contributed by atoms with Crippen LogP contribution >= 0.6 is 0 Å².